The van der Waals surface area contributed by atoms with Gasteiger partial charge < -0.3 is 4.90 Å². The van der Waals surface area contributed by atoms with E-state index in [4.69, 9.17) is 5.10 Å². The van der Waals surface area contributed by atoms with Crippen LogP contribution in [-0.2, 0) is 0 Å². The number of rotatable bonds is 3. The van der Waals surface area contributed by atoms with E-state index in [0.717, 1.165) is 36.5 Å². The lowest BCUT2D eigenvalue weighted by Gasteiger charge is -2.30. The van der Waals surface area contributed by atoms with E-state index < -0.39 is 0 Å². The summed E-state index contributed by atoms with van der Waals surface area (Å²) in [5.41, 5.74) is 3.35. The van der Waals surface area contributed by atoms with E-state index in [1.54, 1.807) is 0 Å². The maximum atomic E-state index is 13.3. The van der Waals surface area contributed by atoms with Crippen LogP contribution in [0.2, 0.25) is 0 Å². The zero-order valence-corrected chi connectivity index (χ0v) is 15.0. The highest BCUT2D eigenvalue weighted by molar-refractivity contribution is 6.00. The quantitative estimate of drug-likeness (QED) is 0.705. The van der Waals surface area contributed by atoms with Crippen LogP contribution < -0.4 is 0 Å². The van der Waals surface area contributed by atoms with Gasteiger partial charge in [-0.2, -0.15) is 5.10 Å². The summed E-state index contributed by atoms with van der Waals surface area (Å²) in [5.74, 6) is 0.634. The highest BCUT2D eigenvalue weighted by atomic mass is 16.2. The Bertz CT molecular complexity index is 886. The molecule has 1 fully saturated rings. The number of piperidine rings is 1. The second-order valence-electron chi connectivity index (χ2n) is 7.04. The number of likely N-dealkylation sites (tertiary alicyclic amines) is 1. The number of aromatic nitrogens is 2. The molecule has 0 aliphatic carbocycles. The monoisotopic (exact) mass is 345 g/mol. The summed E-state index contributed by atoms with van der Waals surface area (Å²) in [7, 11) is 0. The van der Waals surface area contributed by atoms with Gasteiger partial charge in [-0.25, -0.2) is 4.68 Å². The Morgan fingerprint density at radius 1 is 1.04 bits per heavy atom. The average Bonchev–Trinajstić information content (AvgIpc) is 3.14. The Hall–Kier alpha value is -2.88. The Morgan fingerprint density at radius 3 is 2.42 bits per heavy atom. The third-order valence-electron chi connectivity index (χ3n) is 4.96. The van der Waals surface area contributed by atoms with Crippen molar-refractivity contribution < 1.29 is 4.79 Å². The smallest absolute Gasteiger partial charge is 0.257 e. The van der Waals surface area contributed by atoms with Gasteiger partial charge in [0, 0.05) is 24.8 Å². The minimum Gasteiger partial charge on any atom is -0.338 e. The summed E-state index contributed by atoms with van der Waals surface area (Å²) in [4.78, 5) is 15.2. The topological polar surface area (TPSA) is 38.1 Å². The molecule has 0 bridgehead atoms. The number of carbonyl (C=O) groups excluding carboxylic acids is 1. The molecule has 3 aromatic rings. The summed E-state index contributed by atoms with van der Waals surface area (Å²) >= 11 is 0. The van der Waals surface area contributed by atoms with E-state index in [2.05, 4.69) is 6.92 Å². The number of nitrogens with zero attached hydrogens (tertiary/aromatic N) is 3. The maximum Gasteiger partial charge on any atom is 0.257 e. The Balaban J connectivity index is 1.77. The summed E-state index contributed by atoms with van der Waals surface area (Å²) in [6.07, 6.45) is 4.14. The van der Waals surface area contributed by atoms with Crippen LogP contribution in [0.1, 0.15) is 30.1 Å². The van der Waals surface area contributed by atoms with Crippen LogP contribution in [0.15, 0.2) is 66.9 Å². The molecule has 1 atom stereocenters. The van der Waals surface area contributed by atoms with Gasteiger partial charge in [0.25, 0.3) is 5.91 Å². The molecule has 0 radical (unpaired) electrons. The molecule has 26 heavy (non-hydrogen) atoms. The van der Waals surface area contributed by atoms with Crippen LogP contribution in [0.3, 0.4) is 0 Å². The molecule has 4 heteroatoms. The number of amides is 1. The van der Waals surface area contributed by atoms with Crippen molar-refractivity contribution in [3.05, 3.63) is 72.4 Å². The molecule has 2 aromatic carbocycles. The van der Waals surface area contributed by atoms with Crippen molar-refractivity contribution >= 4 is 5.91 Å². The van der Waals surface area contributed by atoms with E-state index in [9.17, 15) is 4.79 Å². The molecule has 0 saturated carbocycles. The van der Waals surface area contributed by atoms with E-state index in [1.165, 1.54) is 6.42 Å². The van der Waals surface area contributed by atoms with Gasteiger partial charge in [-0.1, -0.05) is 55.5 Å². The summed E-state index contributed by atoms with van der Waals surface area (Å²) < 4.78 is 1.81. The van der Waals surface area contributed by atoms with Crippen LogP contribution in [0.5, 0.6) is 0 Å². The molecule has 1 aliphatic rings. The van der Waals surface area contributed by atoms with Crippen LogP contribution in [-0.4, -0.2) is 33.7 Å². The van der Waals surface area contributed by atoms with Gasteiger partial charge in [0.15, 0.2) is 0 Å². The minimum absolute atomic E-state index is 0.0811. The molecular formula is C22H23N3O. The number of hydrogen-bond donors (Lipinski definition) is 0. The second-order valence-corrected chi connectivity index (χ2v) is 7.04. The van der Waals surface area contributed by atoms with Crippen LogP contribution >= 0.6 is 0 Å². The minimum atomic E-state index is 0.0811. The Kier molecular flexibility index (Phi) is 4.57. The average molecular weight is 345 g/mol. The van der Waals surface area contributed by atoms with E-state index >= 15 is 0 Å². The molecule has 2 heterocycles. The molecular weight excluding hydrogens is 322 g/mol. The third kappa shape index (κ3) is 3.27. The highest BCUT2D eigenvalue weighted by Gasteiger charge is 2.26. The van der Waals surface area contributed by atoms with Gasteiger partial charge in [0.1, 0.15) is 5.69 Å². The molecule has 1 saturated heterocycles. The van der Waals surface area contributed by atoms with Crippen LogP contribution in [0, 0.1) is 5.92 Å². The van der Waals surface area contributed by atoms with Crippen molar-refractivity contribution in [3.63, 3.8) is 0 Å². The first-order chi connectivity index (χ1) is 12.7. The Labute approximate surface area is 154 Å². The van der Waals surface area contributed by atoms with Gasteiger partial charge in [-0.05, 0) is 30.9 Å². The van der Waals surface area contributed by atoms with Crippen LogP contribution in [0.25, 0.3) is 16.9 Å². The first-order valence-electron chi connectivity index (χ1n) is 9.22. The van der Waals surface area contributed by atoms with Crippen LogP contribution in [0.4, 0.5) is 0 Å². The van der Waals surface area contributed by atoms with Crippen molar-refractivity contribution in [2.24, 2.45) is 5.92 Å². The lowest BCUT2D eigenvalue weighted by Crippen LogP contribution is -2.39. The van der Waals surface area contributed by atoms with Crippen molar-refractivity contribution in [1.29, 1.82) is 0 Å². The first kappa shape index (κ1) is 16.6. The molecule has 0 spiro atoms. The lowest BCUT2D eigenvalue weighted by atomic mass is 9.99. The molecule has 4 rings (SSSR count). The zero-order chi connectivity index (χ0) is 17.9. The second kappa shape index (κ2) is 7.16. The zero-order valence-electron chi connectivity index (χ0n) is 15.0. The summed E-state index contributed by atoms with van der Waals surface area (Å²) in [5, 5.41) is 4.75. The highest BCUT2D eigenvalue weighted by Crippen LogP contribution is 2.26. The number of hydrogen-bond acceptors (Lipinski definition) is 2. The molecule has 1 amide bonds. The normalized spacial score (nSPS) is 17.3. The number of para-hydroxylation sites is 1. The molecule has 132 valence electrons. The fraction of sp³-hybridized carbons (Fsp3) is 0.273. The molecule has 1 aromatic heterocycles. The number of benzene rings is 2. The molecule has 1 aliphatic heterocycles. The van der Waals surface area contributed by atoms with Crippen molar-refractivity contribution in [2.75, 3.05) is 13.1 Å². The Morgan fingerprint density at radius 2 is 1.73 bits per heavy atom. The van der Waals surface area contributed by atoms with Crippen molar-refractivity contribution in [3.8, 4) is 16.9 Å². The third-order valence-corrected chi connectivity index (χ3v) is 4.96. The largest absolute Gasteiger partial charge is 0.338 e. The standard InChI is InChI=1S/C22H23N3O/c1-17-9-8-14-24(15-17)22(26)20-16-25(19-12-6-3-7-13-19)23-21(20)18-10-4-2-5-11-18/h2-7,10-13,16-17H,8-9,14-15H2,1H3. The van der Waals surface area contributed by atoms with E-state index in [0.29, 0.717) is 11.5 Å². The van der Waals surface area contributed by atoms with Gasteiger partial charge in [0.05, 0.1) is 11.3 Å². The van der Waals surface area contributed by atoms with Gasteiger partial charge >= 0.3 is 0 Å². The number of carbonyl (C=O) groups is 1. The van der Waals surface area contributed by atoms with Gasteiger partial charge in [0.2, 0.25) is 0 Å². The van der Waals surface area contributed by atoms with Crippen molar-refractivity contribution in [2.45, 2.75) is 19.8 Å². The fourth-order valence-corrected chi connectivity index (χ4v) is 3.60. The SMILES string of the molecule is CC1CCCN(C(=O)c2cn(-c3ccccc3)nc2-c2ccccc2)C1. The molecule has 4 nitrogen and oxygen atoms in total. The van der Waals surface area contributed by atoms with Crippen molar-refractivity contribution in [1.82, 2.24) is 14.7 Å². The molecule has 0 N–H and O–H groups in total. The van der Waals surface area contributed by atoms with E-state index in [1.807, 2.05) is 76.4 Å². The summed E-state index contributed by atoms with van der Waals surface area (Å²) in [6.45, 7) is 3.86. The summed E-state index contributed by atoms with van der Waals surface area (Å²) in [6, 6.07) is 19.9. The van der Waals surface area contributed by atoms with Gasteiger partial charge in [-0.3, -0.25) is 4.79 Å². The fourth-order valence-electron chi connectivity index (χ4n) is 3.60. The maximum absolute atomic E-state index is 13.3. The first-order valence-corrected chi connectivity index (χ1v) is 9.22. The van der Waals surface area contributed by atoms with Gasteiger partial charge in [-0.15, -0.1) is 0 Å². The molecule has 1 unspecified atom stereocenters. The lowest BCUT2D eigenvalue weighted by molar-refractivity contribution is 0.0684. The predicted octanol–water partition coefficient (Wildman–Crippen LogP) is 4.41. The predicted molar refractivity (Wildman–Crippen MR) is 103 cm³/mol. The van der Waals surface area contributed by atoms with E-state index in [-0.39, 0.29) is 5.91 Å².